The first-order valence-corrected chi connectivity index (χ1v) is 10.6. The largest absolute Gasteiger partial charge is 0.329 e. The van der Waals surface area contributed by atoms with Gasteiger partial charge in [-0.25, -0.2) is 0 Å². The normalized spacial score (nSPS) is 18.4. The number of anilines is 1. The Bertz CT molecular complexity index is 1060. The van der Waals surface area contributed by atoms with Crippen LogP contribution >= 0.6 is 0 Å². The highest BCUT2D eigenvalue weighted by atomic mass is 16.1. The molecule has 1 aromatic carbocycles. The predicted molar refractivity (Wildman–Crippen MR) is 128 cm³/mol. The van der Waals surface area contributed by atoms with Crippen LogP contribution in [-0.4, -0.2) is 16.3 Å². The monoisotopic (exact) mass is 403 g/mol. The summed E-state index contributed by atoms with van der Waals surface area (Å²) in [7, 11) is 1.80. The number of hydrogen-bond acceptors (Lipinski definition) is 3. The van der Waals surface area contributed by atoms with E-state index in [0.717, 1.165) is 34.7 Å². The highest BCUT2D eigenvalue weighted by molar-refractivity contribution is 6.03. The number of aliphatic imine (C=N–C) groups is 1. The summed E-state index contributed by atoms with van der Waals surface area (Å²) >= 11 is 0. The average molecular weight is 404 g/mol. The van der Waals surface area contributed by atoms with Crippen LogP contribution in [0.25, 0.3) is 0 Å². The van der Waals surface area contributed by atoms with E-state index in [2.05, 4.69) is 70.4 Å². The van der Waals surface area contributed by atoms with Gasteiger partial charge in [0.05, 0.1) is 11.7 Å². The van der Waals surface area contributed by atoms with Crippen molar-refractivity contribution in [2.24, 2.45) is 12.0 Å². The number of aryl methyl sites for hydroxylation is 3. The van der Waals surface area contributed by atoms with Crippen molar-refractivity contribution in [3.05, 3.63) is 87.0 Å². The Morgan fingerprint density at radius 2 is 1.83 bits per heavy atom. The minimum atomic E-state index is -0.0252. The summed E-state index contributed by atoms with van der Waals surface area (Å²) in [5.74, 6) is 0. The molecule has 4 nitrogen and oxygen atoms in total. The molecule has 0 saturated heterocycles. The first-order valence-electron chi connectivity index (χ1n) is 10.6. The molecule has 0 radical (unpaired) electrons. The standard InChI is InChI=1S/C26H33N3O/c1-9-18(4)27-20(6)24-19(5)21(7)29(23-14-17(3)26(30)28(8)15-23)25(24)22-12-10-16(2)11-13-22/h10-15,18,25H,7,9H2,1-6,8H3. The summed E-state index contributed by atoms with van der Waals surface area (Å²) in [4.78, 5) is 19.5. The van der Waals surface area contributed by atoms with Crippen molar-refractivity contribution < 1.29 is 0 Å². The van der Waals surface area contributed by atoms with Gasteiger partial charge in [-0.05, 0) is 58.2 Å². The lowest BCUT2D eigenvalue weighted by atomic mass is 9.93. The molecule has 0 aliphatic carbocycles. The van der Waals surface area contributed by atoms with Crippen LogP contribution in [0.4, 0.5) is 5.69 Å². The fraction of sp³-hybridized carbons (Fsp3) is 0.385. The van der Waals surface area contributed by atoms with Crippen LogP contribution in [0, 0.1) is 13.8 Å². The van der Waals surface area contributed by atoms with Crippen LogP contribution in [0.2, 0.25) is 0 Å². The number of rotatable bonds is 5. The zero-order chi connectivity index (χ0) is 22.2. The second kappa shape index (κ2) is 8.47. The van der Waals surface area contributed by atoms with Gasteiger partial charge in [0.15, 0.2) is 0 Å². The number of benzene rings is 1. The Morgan fingerprint density at radius 1 is 1.20 bits per heavy atom. The van der Waals surface area contributed by atoms with Gasteiger partial charge in [-0.1, -0.05) is 43.3 Å². The third-order valence-electron chi connectivity index (χ3n) is 6.07. The maximum absolute atomic E-state index is 12.3. The Hall–Kier alpha value is -2.88. The lowest BCUT2D eigenvalue weighted by Gasteiger charge is -2.31. The molecule has 158 valence electrons. The van der Waals surface area contributed by atoms with Gasteiger partial charge >= 0.3 is 0 Å². The van der Waals surface area contributed by atoms with E-state index in [1.807, 2.05) is 19.2 Å². The van der Waals surface area contributed by atoms with Crippen LogP contribution < -0.4 is 10.5 Å². The summed E-state index contributed by atoms with van der Waals surface area (Å²) in [5, 5.41) is 0. The molecule has 2 heterocycles. The molecule has 1 aliphatic heterocycles. The van der Waals surface area contributed by atoms with Gasteiger partial charge < -0.3 is 9.47 Å². The van der Waals surface area contributed by atoms with Gasteiger partial charge in [0, 0.05) is 41.8 Å². The first-order chi connectivity index (χ1) is 14.1. The van der Waals surface area contributed by atoms with E-state index >= 15 is 0 Å². The van der Waals surface area contributed by atoms with Crippen LogP contribution in [0.3, 0.4) is 0 Å². The van der Waals surface area contributed by atoms with Gasteiger partial charge in [0.1, 0.15) is 0 Å². The van der Waals surface area contributed by atoms with E-state index in [-0.39, 0.29) is 17.6 Å². The molecule has 0 amide bonds. The van der Waals surface area contributed by atoms with Gasteiger partial charge in [-0.2, -0.15) is 0 Å². The molecule has 4 heteroatoms. The minimum absolute atomic E-state index is 0.0230. The van der Waals surface area contributed by atoms with E-state index < -0.39 is 0 Å². The average Bonchev–Trinajstić information content (AvgIpc) is 2.97. The smallest absolute Gasteiger partial charge is 0.253 e. The molecule has 0 saturated carbocycles. The van der Waals surface area contributed by atoms with Gasteiger partial charge in [-0.3, -0.25) is 9.79 Å². The molecule has 30 heavy (non-hydrogen) atoms. The summed E-state index contributed by atoms with van der Waals surface area (Å²) in [6, 6.07) is 10.9. The Morgan fingerprint density at radius 3 is 2.40 bits per heavy atom. The molecule has 0 bridgehead atoms. The minimum Gasteiger partial charge on any atom is -0.329 e. The van der Waals surface area contributed by atoms with Crippen LogP contribution in [0.15, 0.2) is 69.7 Å². The van der Waals surface area contributed by atoms with Crippen molar-refractivity contribution in [3.63, 3.8) is 0 Å². The first kappa shape index (κ1) is 21.8. The second-order valence-electron chi connectivity index (χ2n) is 8.44. The van der Waals surface area contributed by atoms with Crippen LogP contribution in [-0.2, 0) is 7.05 Å². The summed E-state index contributed by atoms with van der Waals surface area (Å²) in [6.07, 6.45) is 2.91. The lowest BCUT2D eigenvalue weighted by molar-refractivity contribution is 0.714. The number of pyridine rings is 1. The molecule has 0 fully saturated rings. The molecular weight excluding hydrogens is 370 g/mol. The summed E-state index contributed by atoms with van der Waals surface area (Å²) in [6.45, 7) is 16.9. The third kappa shape index (κ3) is 3.91. The van der Waals surface area contributed by atoms with Crippen LogP contribution in [0.5, 0.6) is 0 Å². The van der Waals surface area contributed by atoms with E-state index in [1.54, 1.807) is 11.6 Å². The number of nitrogens with zero attached hydrogens (tertiary/aromatic N) is 3. The maximum Gasteiger partial charge on any atom is 0.253 e. The molecule has 0 spiro atoms. The van der Waals surface area contributed by atoms with Gasteiger partial charge in [0.25, 0.3) is 5.56 Å². The molecule has 2 aromatic rings. The van der Waals surface area contributed by atoms with Crippen LogP contribution in [0.1, 0.15) is 56.8 Å². The molecule has 0 N–H and O–H groups in total. The molecule has 3 rings (SSSR count). The highest BCUT2D eigenvalue weighted by Gasteiger charge is 2.37. The van der Waals surface area contributed by atoms with Crippen molar-refractivity contribution in [1.29, 1.82) is 0 Å². The van der Waals surface area contributed by atoms with Gasteiger partial charge in [-0.15, -0.1) is 0 Å². The second-order valence-corrected chi connectivity index (χ2v) is 8.44. The molecule has 2 unspecified atom stereocenters. The van der Waals surface area contributed by atoms with Crippen molar-refractivity contribution in [1.82, 2.24) is 4.57 Å². The van der Waals surface area contributed by atoms with Crippen molar-refractivity contribution in [2.75, 3.05) is 4.90 Å². The van der Waals surface area contributed by atoms with E-state index in [9.17, 15) is 4.79 Å². The van der Waals surface area contributed by atoms with Crippen molar-refractivity contribution in [3.8, 4) is 0 Å². The fourth-order valence-corrected chi connectivity index (χ4v) is 4.14. The SMILES string of the molecule is C=C1C(C)=C(C(C)=NC(C)CC)C(c2ccc(C)cc2)N1c1cc(C)c(=O)n(C)c1. The number of allylic oxidation sites excluding steroid dienone is 1. The summed E-state index contributed by atoms with van der Waals surface area (Å²) < 4.78 is 1.65. The Kier molecular flexibility index (Phi) is 6.16. The quantitative estimate of drug-likeness (QED) is 0.605. The zero-order valence-corrected chi connectivity index (χ0v) is 19.3. The Balaban J connectivity index is 2.23. The van der Waals surface area contributed by atoms with E-state index in [1.165, 1.54) is 16.7 Å². The van der Waals surface area contributed by atoms with Gasteiger partial charge in [0.2, 0.25) is 0 Å². The van der Waals surface area contributed by atoms with Crippen molar-refractivity contribution in [2.45, 2.75) is 60.0 Å². The predicted octanol–water partition coefficient (Wildman–Crippen LogP) is 5.65. The highest BCUT2D eigenvalue weighted by Crippen LogP contribution is 2.45. The maximum atomic E-state index is 12.3. The zero-order valence-electron chi connectivity index (χ0n) is 19.3. The van der Waals surface area contributed by atoms with E-state index in [0.29, 0.717) is 0 Å². The van der Waals surface area contributed by atoms with Crippen molar-refractivity contribution >= 4 is 11.4 Å². The Labute approximate surface area is 180 Å². The fourth-order valence-electron chi connectivity index (χ4n) is 4.14. The lowest BCUT2D eigenvalue weighted by Crippen LogP contribution is -2.28. The third-order valence-corrected chi connectivity index (χ3v) is 6.07. The number of hydrogen-bond donors (Lipinski definition) is 0. The topological polar surface area (TPSA) is 37.6 Å². The van der Waals surface area contributed by atoms with E-state index in [4.69, 9.17) is 4.99 Å². The molecule has 1 aromatic heterocycles. The molecule has 1 aliphatic rings. The molecule has 2 atom stereocenters. The number of aromatic nitrogens is 1. The summed E-state index contributed by atoms with van der Waals surface area (Å²) in [5.41, 5.74) is 8.50. The molecular formula is C26H33N3O.